The van der Waals surface area contributed by atoms with E-state index < -0.39 is 7.92 Å². The molecule has 0 N–H and O–H groups in total. The molecule has 0 saturated carbocycles. The van der Waals surface area contributed by atoms with Crippen molar-refractivity contribution in [3.63, 3.8) is 0 Å². The molecule has 3 rings (SSSR count). The van der Waals surface area contributed by atoms with Crippen LogP contribution in [0.15, 0.2) is 84.9 Å². The average molecular weight is 339 g/mol. The predicted molar refractivity (Wildman–Crippen MR) is 99.4 cm³/mol. The van der Waals surface area contributed by atoms with Crippen LogP contribution in [0.5, 0.6) is 0 Å². The van der Waals surface area contributed by atoms with Crippen LogP contribution in [0.25, 0.3) is 0 Å². The molecule has 0 aliphatic rings. The van der Waals surface area contributed by atoms with Gasteiger partial charge in [-0.1, -0.05) is 84.9 Å². The van der Waals surface area contributed by atoms with Crippen molar-refractivity contribution >= 4 is 35.7 Å². The number of benzene rings is 3. The van der Waals surface area contributed by atoms with Crippen LogP contribution < -0.4 is 10.6 Å². The molecule has 0 aromatic heterocycles. The number of rotatable bonds is 5. The quantitative estimate of drug-likeness (QED) is 0.487. The first-order chi connectivity index (χ1) is 11.3. The highest BCUT2D eigenvalue weighted by molar-refractivity contribution is 7.88. The molecule has 114 valence electrons. The molecular formula is C20H16ClOP. The van der Waals surface area contributed by atoms with E-state index in [1.54, 1.807) is 0 Å². The normalized spacial score (nSPS) is 10.7. The summed E-state index contributed by atoms with van der Waals surface area (Å²) < 4.78 is 0. The van der Waals surface area contributed by atoms with Gasteiger partial charge in [-0.25, -0.2) is 0 Å². The summed E-state index contributed by atoms with van der Waals surface area (Å²) in [5.41, 5.74) is 1.92. The molecule has 0 unspecified atom stereocenters. The molecule has 23 heavy (non-hydrogen) atoms. The topological polar surface area (TPSA) is 17.1 Å². The van der Waals surface area contributed by atoms with Gasteiger partial charge in [0.2, 0.25) is 0 Å². The molecule has 0 aliphatic heterocycles. The zero-order valence-corrected chi connectivity index (χ0v) is 14.2. The first-order valence-electron chi connectivity index (χ1n) is 7.39. The van der Waals surface area contributed by atoms with E-state index in [2.05, 4.69) is 0 Å². The van der Waals surface area contributed by atoms with Gasteiger partial charge in [0.1, 0.15) is 0 Å². The highest BCUT2D eigenvalue weighted by atomic mass is 35.5. The fraction of sp³-hybridized carbons (Fsp3) is 0.0500. The summed E-state index contributed by atoms with van der Waals surface area (Å²) in [6.07, 6.45) is 0. The Hall–Kier alpha value is -1.95. The van der Waals surface area contributed by atoms with Gasteiger partial charge in [0.15, 0.2) is 5.52 Å². The van der Waals surface area contributed by atoms with Crippen LogP contribution in [-0.2, 0) is 5.88 Å². The summed E-state index contributed by atoms with van der Waals surface area (Å²) in [5.74, 6) is 0.459. The molecular weight excluding hydrogens is 323 g/mol. The molecule has 3 heteroatoms. The van der Waals surface area contributed by atoms with E-state index in [9.17, 15) is 4.79 Å². The summed E-state index contributed by atoms with van der Waals surface area (Å²) in [6, 6.07) is 27.6. The Morgan fingerprint density at radius 3 is 1.65 bits per heavy atom. The highest BCUT2D eigenvalue weighted by Crippen LogP contribution is 2.37. The van der Waals surface area contributed by atoms with Gasteiger partial charge in [0, 0.05) is 19.4 Å². The van der Waals surface area contributed by atoms with Crippen molar-refractivity contribution in [3.8, 4) is 0 Å². The van der Waals surface area contributed by atoms with Crippen molar-refractivity contribution in [2.75, 3.05) is 0 Å². The van der Waals surface area contributed by atoms with Crippen molar-refractivity contribution in [1.82, 2.24) is 0 Å². The Morgan fingerprint density at radius 1 is 0.739 bits per heavy atom. The Balaban J connectivity index is 2.02. The number of alkyl halides is 1. The summed E-state index contributed by atoms with van der Waals surface area (Å²) >= 11 is 5.83. The van der Waals surface area contributed by atoms with Gasteiger partial charge in [-0.05, 0) is 16.2 Å². The Kier molecular flexibility index (Phi) is 5.23. The van der Waals surface area contributed by atoms with Crippen LogP contribution in [0.2, 0.25) is 0 Å². The van der Waals surface area contributed by atoms with Gasteiger partial charge in [0.25, 0.3) is 0 Å². The average Bonchev–Trinajstić information content (AvgIpc) is 2.64. The third kappa shape index (κ3) is 3.69. The Labute approximate surface area is 142 Å². The lowest BCUT2D eigenvalue weighted by molar-refractivity contribution is 0.108. The minimum Gasteiger partial charge on any atom is -0.288 e. The maximum Gasteiger partial charge on any atom is 0.193 e. The van der Waals surface area contributed by atoms with Gasteiger partial charge in [-0.15, -0.1) is 11.6 Å². The largest absolute Gasteiger partial charge is 0.288 e. The van der Waals surface area contributed by atoms with E-state index in [1.165, 1.54) is 0 Å². The van der Waals surface area contributed by atoms with Gasteiger partial charge in [-0.2, -0.15) is 0 Å². The molecule has 3 aromatic carbocycles. The van der Waals surface area contributed by atoms with Crippen LogP contribution in [0.4, 0.5) is 0 Å². The van der Waals surface area contributed by atoms with Crippen LogP contribution >= 0.6 is 19.5 Å². The fourth-order valence-electron chi connectivity index (χ4n) is 2.40. The Morgan fingerprint density at radius 2 is 1.22 bits per heavy atom. The van der Waals surface area contributed by atoms with Crippen molar-refractivity contribution in [2.45, 2.75) is 5.88 Å². The molecule has 0 heterocycles. The van der Waals surface area contributed by atoms with Crippen LogP contribution in [-0.4, -0.2) is 5.52 Å². The molecule has 0 amide bonds. The molecule has 1 nitrogen and oxygen atoms in total. The van der Waals surface area contributed by atoms with E-state index >= 15 is 0 Å². The molecule has 0 saturated heterocycles. The first kappa shape index (κ1) is 15.9. The molecule has 3 aromatic rings. The zero-order chi connectivity index (χ0) is 16.1. The van der Waals surface area contributed by atoms with E-state index in [0.717, 1.165) is 21.7 Å². The SMILES string of the molecule is O=C(c1ccc(CCl)cc1)P(c1ccccc1)c1ccccc1. The van der Waals surface area contributed by atoms with Crippen molar-refractivity contribution < 1.29 is 4.79 Å². The van der Waals surface area contributed by atoms with Crippen LogP contribution in [0.1, 0.15) is 15.9 Å². The minimum absolute atomic E-state index is 0.165. The fourth-order valence-corrected chi connectivity index (χ4v) is 4.70. The Bertz CT molecular complexity index is 730. The second-order valence-electron chi connectivity index (χ2n) is 5.14. The lowest BCUT2D eigenvalue weighted by Gasteiger charge is -2.17. The molecule has 0 fully saturated rings. The summed E-state index contributed by atoms with van der Waals surface area (Å²) in [7, 11) is -1.07. The van der Waals surface area contributed by atoms with E-state index in [-0.39, 0.29) is 5.52 Å². The number of halogens is 1. The summed E-state index contributed by atoms with van der Waals surface area (Å²) in [4.78, 5) is 13.1. The maximum atomic E-state index is 13.1. The second kappa shape index (κ2) is 7.55. The molecule has 0 spiro atoms. The zero-order valence-electron chi connectivity index (χ0n) is 12.5. The molecule has 0 bridgehead atoms. The molecule has 0 atom stereocenters. The maximum absolute atomic E-state index is 13.1. The van der Waals surface area contributed by atoms with Crippen molar-refractivity contribution in [1.29, 1.82) is 0 Å². The summed E-state index contributed by atoms with van der Waals surface area (Å²) in [6.45, 7) is 0. The van der Waals surface area contributed by atoms with Gasteiger partial charge >= 0.3 is 0 Å². The van der Waals surface area contributed by atoms with Gasteiger partial charge in [-0.3, -0.25) is 4.79 Å². The summed E-state index contributed by atoms with van der Waals surface area (Å²) in [5, 5.41) is 2.14. The molecule has 0 aliphatic carbocycles. The lowest BCUT2D eigenvalue weighted by Crippen LogP contribution is -2.18. The second-order valence-corrected chi connectivity index (χ2v) is 7.52. The number of hydrogen-bond donors (Lipinski definition) is 0. The van der Waals surface area contributed by atoms with Crippen molar-refractivity contribution in [2.24, 2.45) is 0 Å². The van der Waals surface area contributed by atoms with E-state index in [1.807, 2.05) is 84.9 Å². The lowest BCUT2D eigenvalue weighted by atomic mass is 10.2. The van der Waals surface area contributed by atoms with Crippen molar-refractivity contribution in [3.05, 3.63) is 96.1 Å². The van der Waals surface area contributed by atoms with Gasteiger partial charge in [0.05, 0.1) is 0 Å². The number of hydrogen-bond acceptors (Lipinski definition) is 1. The van der Waals surface area contributed by atoms with Crippen LogP contribution in [0, 0.1) is 0 Å². The van der Waals surface area contributed by atoms with E-state index in [0.29, 0.717) is 5.88 Å². The van der Waals surface area contributed by atoms with Gasteiger partial charge < -0.3 is 0 Å². The third-order valence-electron chi connectivity index (χ3n) is 3.59. The smallest absolute Gasteiger partial charge is 0.193 e. The predicted octanol–water partition coefficient (Wildman–Crippen LogP) is 4.70. The minimum atomic E-state index is -1.07. The number of carbonyl (C=O) groups excluding carboxylic acids is 1. The van der Waals surface area contributed by atoms with Crippen LogP contribution in [0.3, 0.4) is 0 Å². The molecule has 0 radical (unpaired) electrons. The first-order valence-corrected chi connectivity index (χ1v) is 9.26. The standard InChI is InChI=1S/C20H16ClOP/c21-15-16-11-13-17(14-12-16)20(22)23(18-7-3-1-4-8-18)19-9-5-2-6-10-19/h1-14H,15H2. The third-order valence-corrected chi connectivity index (χ3v) is 6.19. The highest BCUT2D eigenvalue weighted by Gasteiger charge is 2.23. The number of carbonyl (C=O) groups is 1. The monoisotopic (exact) mass is 338 g/mol. The van der Waals surface area contributed by atoms with E-state index in [4.69, 9.17) is 11.6 Å².